The molecule has 27 heavy (non-hydrogen) atoms. The predicted molar refractivity (Wildman–Crippen MR) is 90.2 cm³/mol. The van der Waals surface area contributed by atoms with Crippen molar-refractivity contribution in [3.05, 3.63) is 36.5 Å². The van der Waals surface area contributed by atoms with Gasteiger partial charge >= 0.3 is 23.9 Å². The summed E-state index contributed by atoms with van der Waals surface area (Å²) in [4.78, 5) is 45.0. The normalized spacial score (nSPS) is 11.3. The second-order valence-electron chi connectivity index (χ2n) is 5.89. The van der Waals surface area contributed by atoms with Gasteiger partial charge in [0.1, 0.15) is 5.41 Å². The van der Waals surface area contributed by atoms with Gasteiger partial charge in [-0.25, -0.2) is 14.4 Å². The highest BCUT2D eigenvalue weighted by atomic mass is 17.3. The SMILES string of the molecule is C=C(C)C(=O)OOC(OC(=O)C(=C)C)(OC(=O)C(=C)C)C(CO)(CO)CO. The maximum Gasteiger partial charge on any atom is 0.426 e. The summed E-state index contributed by atoms with van der Waals surface area (Å²) >= 11 is 0. The highest BCUT2D eigenvalue weighted by Crippen LogP contribution is 2.38. The first-order valence-corrected chi connectivity index (χ1v) is 7.57. The minimum Gasteiger partial charge on any atom is -0.395 e. The molecule has 0 fully saturated rings. The molecule has 0 aliphatic rings. The van der Waals surface area contributed by atoms with Gasteiger partial charge in [-0.2, -0.15) is 0 Å². The highest BCUT2D eigenvalue weighted by molar-refractivity contribution is 5.89. The van der Waals surface area contributed by atoms with Gasteiger partial charge in [-0.15, -0.1) is 0 Å². The van der Waals surface area contributed by atoms with Crippen LogP contribution in [0.25, 0.3) is 0 Å². The Morgan fingerprint density at radius 3 is 1.33 bits per heavy atom. The Morgan fingerprint density at radius 1 is 0.741 bits per heavy atom. The van der Waals surface area contributed by atoms with E-state index in [4.69, 9.17) is 14.4 Å². The molecule has 3 N–H and O–H groups in total. The Kier molecular flexibility index (Phi) is 9.04. The molecule has 0 atom stereocenters. The van der Waals surface area contributed by atoms with Crippen molar-refractivity contribution >= 4 is 17.9 Å². The molecule has 0 bridgehead atoms. The molecule has 0 rings (SSSR count). The molecule has 0 aliphatic heterocycles. The van der Waals surface area contributed by atoms with E-state index in [0.29, 0.717) is 0 Å². The van der Waals surface area contributed by atoms with Gasteiger partial charge in [-0.1, -0.05) is 24.6 Å². The lowest BCUT2D eigenvalue weighted by Crippen LogP contribution is -2.62. The third-order valence-corrected chi connectivity index (χ3v) is 3.28. The summed E-state index contributed by atoms with van der Waals surface area (Å²) in [6.45, 7) is 10.4. The summed E-state index contributed by atoms with van der Waals surface area (Å²) in [5.74, 6) is -6.60. The maximum atomic E-state index is 12.1. The van der Waals surface area contributed by atoms with Crippen LogP contribution in [0, 0.1) is 5.41 Å². The fourth-order valence-electron chi connectivity index (χ4n) is 1.38. The molecule has 0 amide bonds. The van der Waals surface area contributed by atoms with Gasteiger partial charge in [0.15, 0.2) is 0 Å². The summed E-state index contributed by atoms with van der Waals surface area (Å²) < 4.78 is 9.91. The van der Waals surface area contributed by atoms with E-state index in [9.17, 15) is 29.7 Å². The van der Waals surface area contributed by atoms with Gasteiger partial charge in [0, 0.05) is 16.7 Å². The van der Waals surface area contributed by atoms with Crippen molar-refractivity contribution in [1.82, 2.24) is 0 Å². The van der Waals surface area contributed by atoms with Gasteiger partial charge in [-0.3, -0.25) is 4.89 Å². The standard InChI is InChI=1S/C17H24O10/c1-10(2)13(21)24-17(25-14(22)11(3)4,16(7-18,8-19)9-20)27-26-15(23)12(5)6/h18-20H,1,3,5,7-9H2,2,4,6H3. The summed E-state index contributed by atoms with van der Waals surface area (Å²) in [5.41, 5.74) is -2.85. The largest absolute Gasteiger partial charge is 0.426 e. The lowest BCUT2D eigenvalue weighted by Gasteiger charge is -2.42. The number of aliphatic hydroxyl groups excluding tert-OH is 3. The van der Waals surface area contributed by atoms with Gasteiger partial charge in [0.25, 0.3) is 0 Å². The minimum atomic E-state index is -3.07. The Hall–Kier alpha value is -2.53. The van der Waals surface area contributed by atoms with E-state index in [2.05, 4.69) is 24.6 Å². The Labute approximate surface area is 156 Å². The molecule has 0 aromatic heterocycles. The van der Waals surface area contributed by atoms with E-state index in [1.54, 1.807) is 0 Å². The van der Waals surface area contributed by atoms with Crippen LogP contribution >= 0.6 is 0 Å². The first-order valence-electron chi connectivity index (χ1n) is 7.57. The zero-order chi connectivity index (χ0) is 21.4. The molecule has 0 aromatic carbocycles. The van der Waals surface area contributed by atoms with Crippen molar-refractivity contribution in [2.45, 2.75) is 26.7 Å². The summed E-state index contributed by atoms with van der Waals surface area (Å²) in [5, 5.41) is 29.1. The Morgan fingerprint density at radius 2 is 1.07 bits per heavy atom. The minimum absolute atomic E-state index is 0.135. The number of carbonyl (C=O) groups is 3. The van der Waals surface area contributed by atoms with E-state index in [0.717, 1.165) is 0 Å². The van der Waals surface area contributed by atoms with Crippen LogP contribution in [0.3, 0.4) is 0 Å². The predicted octanol–water partition coefficient (Wildman–Crippen LogP) is -0.107. The van der Waals surface area contributed by atoms with Crippen molar-refractivity contribution in [3.8, 4) is 0 Å². The molecule has 0 spiro atoms. The third-order valence-electron chi connectivity index (χ3n) is 3.28. The van der Waals surface area contributed by atoms with E-state index in [1.807, 2.05) is 0 Å². The zero-order valence-electron chi connectivity index (χ0n) is 15.4. The zero-order valence-corrected chi connectivity index (χ0v) is 15.4. The molecule has 0 saturated heterocycles. The molecule has 10 nitrogen and oxygen atoms in total. The van der Waals surface area contributed by atoms with Crippen molar-refractivity contribution in [2.24, 2.45) is 5.41 Å². The molecule has 0 aliphatic carbocycles. The summed E-state index contributed by atoms with van der Waals surface area (Å²) in [7, 11) is 0. The molecule has 10 heteroatoms. The Bertz CT molecular complexity index is 593. The van der Waals surface area contributed by atoms with E-state index in [-0.39, 0.29) is 16.7 Å². The van der Waals surface area contributed by atoms with Crippen LogP contribution in [0.2, 0.25) is 0 Å². The molecule has 0 heterocycles. The van der Waals surface area contributed by atoms with Crippen molar-refractivity contribution < 1.29 is 49.0 Å². The molecule has 0 saturated carbocycles. The number of aliphatic hydroxyl groups is 3. The molecular formula is C17H24O10. The van der Waals surface area contributed by atoms with Crippen LogP contribution in [-0.2, 0) is 33.6 Å². The topological polar surface area (TPSA) is 149 Å². The number of rotatable bonds is 11. The number of esters is 2. The van der Waals surface area contributed by atoms with Gasteiger partial charge in [0.05, 0.1) is 19.8 Å². The van der Waals surface area contributed by atoms with E-state index < -0.39 is 49.1 Å². The van der Waals surface area contributed by atoms with E-state index in [1.165, 1.54) is 20.8 Å². The lowest BCUT2D eigenvalue weighted by molar-refractivity contribution is -0.502. The Balaban J connectivity index is 6.39. The fourth-order valence-corrected chi connectivity index (χ4v) is 1.38. The molecule has 152 valence electrons. The fraction of sp³-hybridized carbons (Fsp3) is 0.471. The van der Waals surface area contributed by atoms with Crippen LogP contribution < -0.4 is 0 Å². The van der Waals surface area contributed by atoms with Crippen molar-refractivity contribution in [2.75, 3.05) is 19.8 Å². The molecule has 0 radical (unpaired) electrons. The van der Waals surface area contributed by atoms with Crippen LogP contribution in [0.1, 0.15) is 20.8 Å². The van der Waals surface area contributed by atoms with Gasteiger partial charge in [-0.05, 0) is 20.8 Å². The summed E-state index contributed by atoms with van der Waals surface area (Å²) in [6.07, 6.45) is 0. The number of carbonyl (C=O) groups excluding carboxylic acids is 3. The molecule has 0 aromatic rings. The quantitative estimate of drug-likeness (QED) is 0.144. The number of hydrogen-bond donors (Lipinski definition) is 3. The number of ether oxygens (including phenoxy) is 2. The third kappa shape index (κ3) is 5.73. The van der Waals surface area contributed by atoms with Crippen LogP contribution in [-0.4, -0.2) is 59.0 Å². The highest BCUT2D eigenvalue weighted by Gasteiger charge is 2.62. The van der Waals surface area contributed by atoms with Crippen LogP contribution in [0.4, 0.5) is 0 Å². The average molecular weight is 388 g/mol. The lowest BCUT2D eigenvalue weighted by atomic mass is 9.87. The van der Waals surface area contributed by atoms with Gasteiger partial charge < -0.3 is 24.8 Å². The monoisotopic (exact) mass is 388 g/mol. The first kappa shape index (κ1) is 24.5. The van der Waals surface area contributed by atoms with Crippen molar-refractivity contribution in [3.63, 3.8) is 0 Å². The average Bonchev–Trinajstić information content (AvgIpc) is 2.60. The maximum absolute atomic E-state index is 12.1. The van der Waals surface area contributed by atoms with Crippen LogP contribution in [0.15, 0.2) is 36.5 Å². The molecule has 0 unspecified atom stereocenters. The molecular weight excluding hydrogens is 364 g/mol. The van der Waals surface area contributed by atoms with Crippen LogP contribution in [0.5, 0.6) is 0 Å². The smallest absolute Gasteiger partial charge is 0.395 e. The second-order valence-corrected chi connectivity index (χ2v) is 5.89. The van der Waals surface area contributed by atoms with Gasteiger partial charge in [0.2, 0.25) is 0 Å². The van der Waals surface area contributed by atoms with E-state index >= 15 is 0 Å². The first-order chi connectivity index (χ1) is 12.4. The number of hydrogen-bond acceptors (Lipinski definition) is 10. The second kappa shape index (κ2) is 9.97. The van der Waals surface area contributed by atoms with Crippen molar-refractivity contribution in [1.29, 1.82) is 0 Å². The summed E-state index contributed by atoms with van der Waals surface area (Å²) in [6, 6.07) is 0.